The number of rotatable bonds is 12. The first-order valence-electron chi connectivity index (χ1n) is 11.9. The summed E-state index contributed by atoms with van der Waals surface area (Å²) in [5.41, 5.74) is 4.03. The molecule has 0 amide bonds. The summed E-state index contributed by atoms with van der Waals surface area (Å²) in [6.07, 6.45) is 14.2. The van der Waals surface area contributed by atoms with Crippen molar-refractivity contribution in [3.05, 3.63) is 65.2 Å². The van der Waals surface area contributed by atoms with Gasteiger partial charge in [-0.15, -0.1) is 0 Å². The predicted molar refractivity (Wildman–Crippen MR) is 132 cm³/mol. The third-order valence-corrected chi connectivity index (χ3v) is 6.63. The zero-order valence-electron chi connectivity index (χ0n) is 18.2. The molecule has 0 heterocycles. The van der Waals surface area contributed by atoms with Gasteiger partial charge < -0.3 is 5.32 Å². The second-order valence-corrected chi connectivity index (χ2v) is 9.08. The SMILES string of the molecule is O=C(c1ccc(NCCCCCCCCS)cc1)c1ccc(C2CCCCC2)cc1. The van der Waals surface area contributed by atoms with E-state index in [0.717, 1.165) is 29.1 Å². The molecule has 3 rings (SSSR count). The van der Waals surface area contributed by atoms with E-state index in [-0.39, 0.29) is 5.78 Å². The Morgan fingerprint density at radius 3 is 1.97 bits per heavy atom. The highest BCUT2D eigenvalue weighted by Crippen LogP contribution is 2.32. The van der Waals surface area contributed by atoms with Crippen molar-refractivity contribution in [3.63, 3.8) is 0 Å². The number of benzene rings is 2. The van der Waals surface area contributed by atoms with Gasteiger partial charge in [0.2, 0.25) is 0 Å². The second kappa shape index (κ2) is 12.8. The first kappa shape index (κ1) is 22.9. The number of carbonyl (C=O) groups is 1. The molecule has 0 bridgehead atoms. The fourth-order valence-corrected chi connectivity index (χ4v) is 4.65. The summed E-state index contributed by atoms with van der Waals surface area (Å²) in [7, 11) is 0. The summed E-state index contributed by atoms with van der Waals surface area (Å²) in [5, 5.41) is 3.47. The van der Waals surface area contributed by atoms with Crippen molar-refractivity contribution in [1.29, 1.82) is 0 Å². The summed E-state index contributed by atoms with van der Waals surface area (Å²) in [4.78, 5) is 12.8. The number of carbonyl (C=O) groups excluding carboxylic acids is 1. The fraction of sp³-hybridized carbons (Fsp3) is 0.519. The normalized spacial score (nSPS) is 14.6. The van der Waals surface area contributed by atoms with Gasteiger partial charge in [0.05, 0.1) is 0 Å². The standard InChI is InChI=1S/C27H37NOS/c29-27(24-14-12-23(13-15-24)22-10-6-5-7-11-22)25-16-18-26(19-17-25)28-20-8-3-1-2-4-9-21-30/h12-19,22,28,30H,1-11,20-21H2. The molecule has 30 heavy (non-hydrogen) atoms. The van der Waals surface area contributed by atoms with Crippen molar-refractivity contribution >= 4 is 24.1 Å². The van der Waals surface area contributed by atoms with Crippen molar-refractivity contribution in [2.24, 2.45) is 0 Å². The number of thiol groups is 1. The van der Waals surface area contributed by atoms with E-state index in [1.807, 2.05) is 36.4 Å². The van der Waals surface area contributed by atoms with Crippen LogP contribution >= 0.6 is 12.6 Å². The van der Waals surface area contributed by atoms with E-state index in [1.54, 1.807) is 0 Å². The zero-order chi connectivity index (χ0) is 21.0. The van der Waals surface area contributed by atoms with E-state index in [0.29, 0.717) is 5.92 Å². The molecule has 2 aromatic rings. The highest BCUT2D eigenvalue weighted by molar-refractivity contribution is 7.80. The fourth-order valence-electron chi connectivity index (χ4n) is 4.43. The zero-order valence-corrected chi connectivity index (χ0v) is 19.1. The molecule has 162 valence electrons. The van der Waals surface area contributed by atoms with Crippen LogP contribution < -0.4 is 5.32 Å². The molecule has 1 saturated carbocycles. The highest BCUT2D eigenvalue weighted by atomic mass is 32.1. The van der Waals surface area contributed by atoms with Crippen molar-refractivity contribution in [3.8, 4) is 0 Å². The van der Waals surface area contributed by atoms with Gasteiger partial charge in [-0.2, -0.15) is 12.6 Å². The molecule has 1 aliphatic carbocycles. The van der Waals surface area contributed by atoms with Gasteiger partial charge in [0, 0.05) is 23.4 Å². The summed E-state index contributed by atoms with van der Waals surface area (Å²) in [5.74, 6) is 1.80. The molecule has 0 aromatic heterocycles. The number of hydrogen-bond acceptors (Lipinski definition) is 3. The van der Waals surface area contributed by atoms with Gasteiger partial charge in [-0.1, -0.05) is 69.2 Å². The van der Waals surface area contributed by atoms with Crippen LogP contribution in [-0.2, 0) is 0 Å². The van der Waals surface area contributed by atoms with Crippen molar-refractivity contribution in [2.75, 3.05) is 17.6 Å². The van der Waals surface area contributed by atoms with Crippen LogP contribution in [0.4, 0.5) is 5.69 Å². The molecule has 1 N–H and O–H groups in total. The van der Waals surface area contributed by atoms with Crippen LogP contribution in [0.25, 0.3) is 0 Å². The van der Waals surface area contributed by atoms with Gasteiger partial charge in [-0.05, 0) is 67.2 Å². The third-order valence-electron chi connectivity index (χ3n) is 6.31. The van der Waals surface area contributed by atoms with E-state index in [9.17, 15) is 4.79 Å². The molecule has 2 nitrogen and oxygen atoms in total. The topological polar surface area (TPSA) is 29.1 Å². The smallest absolute Gasteiger partial charge is 0.193 e. The average molecular weight is 424 g/mol. The molecular formula is C27H37NOS. The molecule has 1 aliphatic rings. The van der Waals surface area contributed by atoms with Crippen LogP contribution in [0.15, 0.2) is 48.5 Å². The lowest BCUT2D eigenvalue weighted by atomic mass is 9.84. The number of nitrogens with one attached hydrogen (secondary N) is 1. The number of hydrogen-bond donors (Lipinski definition) is 2. The maximum absolute atomic E-state index is 12.8. The van der Waals surface area contributed by atoms with E-state index in [2.05, 4.69) is 30.1 Å². The average Bonchev–Trinajstić information content (AvgIpc) is 2.81. The lowest BCUT2D eigenvalue weighted by Crippen LogP contribution is -2.06. The van der Waals surface area contributed by atoms with Crippen LogP contribution in [0, 0.1) is 0 Å². The van der Waals surface area contributed by atoms with Crippen molar-refractivity contribution in [2.45, 2.75) is 76.5 Å². The quantitative estimate of drug-likeness (QED) is 0.208. The van der Waals surface area contributed by atoms with Gasteiger partial charge in [0.25, 0.3) is 0 Å². The second-order valence-electron chi connectivity index (χ2n) is 8.64. The summed E-state index contributed by atoms with van der Waals surface area (Å²) >= 11 is 4.25. The summed E-state index contributed by atoms with van der Waals surface area (Å²) in [6.45, 7) is 0.989. The van der Waals surface area contributed by atoms with Crippen LogP contribution in [0.1, 0.15) is 98.0 Å². The van der Waals surface area contributed by atoms with Gasteiger partial charge in [0.1, 0.15) is 0 Å². The highest BCUT2D eigenvalue weighted by Gasteiger charge is 2.16. The van der Waals surface area contributed by atoms with E-state index < -0.39 is 0 Å². The molecule has 0 saturated heterocycles. The van der Waals surface area contributed by atoms with E-state index >= 15 is 0 Å². The Morgan fingerprint density at radius 2 is 1.33 bits per heavy atom. The minimum atomic E-state index is 0.109. The number of unbranched alkanes of at least 4 members (excludes halogenated alkanes) is 5. The molecule has 0 radical (unpaired) electrons. The largest absolute Gasteiger partial charge is 0.385 e. The van der Waals surface area contributed by atoms with Crippen molar-refractivity contribution < 1.29 is 4.79 Å². The maximum Gasteiger partial charge on any atom is 0.193 e. The van der Waals surface area contributed by atoms with Gasteiger partial charge >= 0.3 is 0 Å². The van der Waals surface area contributed by atoms with Crippen LogP contribution in [0.5, 0.6) is 0 Å². The molecule has 2 aromatic carbocycles. The lowest BCUT2D eigenvalue weighted by Gasteiger charge is -2.22. The maximum atomic E-state index is 12.8. The Bertz CT molecular complexity index is 747. The minimum Gasteiger partial charge on any atom is -0.385 e. The lowest BCUT2D eigenvalue weighted by molar-refractivity contribution is 0.103. The summed E-state index contributed by atoms with van der Waals surface area (Å²) in [6, 6.07) is 16.3. The number of anilines is 1. The van der Waals surface area contributed by atoms with Gasteiger partial charge in [-0.25, -0.2) is 0 Å². The molecule has 1 fully saturated rings. The van der Waals surface area contributed by atoms with Crippen LogP contribution in [-0.4, -0.2) is 18.1 Å². The molecule has 3 heteroatoms. The van der Waals surface area contributed by atoms with Gasteiger partial charge in [-0.3, -0.25) is 4.79 Å². The third kappa shape index (κ3) is 7.19. The number of ketones is 1. The predicted octanol–water partition coefficient (Wildman–Crippen LogP) is 7.65. The Labute approximate surface area is 188 Å². The molecular weight excluding hydrogens is 386 g/mol. The molecule has 0 atom stereocenters. The van der Waals surface area contributed by atoms with Crippen molar-refractivity contribution in [1.82, 2.24) is 0 Å². The first-order valence-corrected chi connectivity index (χ1v) is 12.5. The summed E-state index contributed by atoms with van der Waals surface area (Å²) < 4.78 is 0. The first-order chi connectivity index (χ1) is 14.8. The van der Waals surface area contributed by atoms with E-state index in [4.69, 9.17) is 0 Å². The monoisotopic (exact) mass is 423 g/mol. The van der Waals surface area contributed by atoms with Gasteiger partial charge in [0.15, 0.2) is 5.78 Å². The van der Waals surface area contributed by atoms with E-state index in [1.165, 1.54) is 76.2 Å². The Morgan fingerprint density at radius 1 is 0.767 bits per heavy atom. The Balaban J connectivity index is 1.43. The van der Waals surface area contributed by atoms with Crippen LogP contribution in [0.2, 0.25) is 0 Å². The molecule has 0 unspecified atom stereocenters. The Hall–Kier alpha value is -1.74. The minimum absolute atomic E-state index is 0.109. The van der Waals surface area contributed by atoms with Crippen LogP contribution in [0.3, 0.4) is 0 Å². The molecule has 0 spiro atoms. The molecule has 0 aliphatic heterocycles. The Kier molecular flexibility index (Phi) is 9.82.